The molecule has 0 spiro atoms. The van der Waals surface area contributed by atoms with Crippen LogP contribution in [0.1, 0.15) is 24.5 Å². The van der Waals surface area contributed by atoms with E-state index in [-0.39, 0.29) is 17.7 Å². The van der Waals surface area contributed by atoms with Crippen LogP contribution >= 0.6 is 0 Å². The zero-order chi connectivity index (χ0) is 24.9. The topological polar surface area (TPSA) is 145 Å². The molecular weight excluding hydrogens is 448 g/mol. The van der Waals surface area contributed by atoms with E-state index in [1.807, 2.05) is 6.07 Å². The van der Waals surface area contributed by atoms with Crippen molar-refractivity contribution >= 4 is 28.9 Å². The minimum atomic E-state index is -1.25. The molecule has 12 heteroatoms. The van der Waals surface area contributed by atoms with Crippen LogP contribution in [-0.2, 0) is 19.7 Å². The number of esters is 1. The van der Waals surface area contributed by atoms with E-state index in [4.69, 9.17) is 9.47 Å². The van der Waals surface area contributed by atoms with Gasteiger partial charge in [-0.1, -0.05) is 18.2 Å². The molecule has 2 aliphatic heterocycles. The van der Waals surface area contributed by atoms with Crippen molar-refractivity contribution in [3.8, 4) is 5.75 Å². The molecule has 0 aromatic heterocycles. The van der Waals surface area contributed by atoms with Crippen molar-refractivity contribution in [2.24, 2.45) is 0 Å². The number of amides is 1. The van der Waals surface area contributed by atoms with E-state index in [0.717, 1.165) is 11.8 Å². The van der Waals surface area contributed by atoms with Gasteiger partial charge in [-0.2, -0.15) is 0 Å². The first-order valence-corrected chi connectivity index (χ1v) is 10.3. The monoisotopic (exact) mass is 470 g/mol. The number of nitrogens with zero attached hydrogens (tertiary/aromatic N) is 4. The molecule has 0 unspecified atom stereocenters. The standard InChI is InChI=1S/C22H22N4O8/c1-12(27)24-18(20(28)34-4)11-22(14-7-5-6-8-16(14)23(2)21(22)24)15-9-13(25(29)30)10-17(26(31)32)19(15)33-3/h5-10,18,21H,11H2,1-4H3/t18-,21+,22+/m0/s1. The number of hydrogen-bond donors (Lipinski definition) is 0. The molecular formula is C22H22N4O8. The van der Waals surface area contributed by atoms with Crippen molar-refractivity contribution in [1.29, 1.82) is 0 Å². The maximum atomic E-state index is 12.8. The maximum absolute atomic E-state index is 12.8. The van der Waals surface area contributed by atoms with Crippen molar-refractivity contribution in [1.82, 2.24) is 4.90 Å². The number of rotatable bonds is 5. The molecule has 0 radical (unpaired) electrons. The van der Waals surface area contributed by atoms with Crippen molar-refractivity contribution in [2.45, 2.75) is 31.0 Å². The molecule has 1 amide bonds. The van der Waals surface area contributed by atoms with E-state index in [1.165, 1.54) is 32.1 Å². The van der Waals surface area contributed by atoms with E-state index in [2.05, 4.69) is 0 Å². The fourth-order valence-corrected chi connectivity index (χ4v) is 5.48. The summed E-state index contributed by atoms with van der Waals surface area (Å²) < 4.78 is 10.4. The Kier molecular flexibility index (Phi) is 5.38. The Morgan fingerprint density at radius 1 is 1.09 bits per heavy atom. The molecule has 12 nitrogen and oxygen atoms in total. The number of methoxy groups -OCH3 is 2. The van der Waals surface area contributed by atoms with Gasteiger partial charge in [-0.05, 0) is 18.1 Å². The Balaban J connectivity index is 2.14. The van der Waals surface area contributed by atoms with Gasteiger partial charge in [0.15, 0.2) is 0 Å². The van der Waals surface area contributed by atoms with Gasteiger partial charge in [-0.25, -0.2) is 4.79 Å². The van der Waals surface area contributed by atoms with Gasteiger partial charge in [0.05, 0.1) is 35.5 Å². The molecule has 1 fully saturated rings. The van der Waals surface area contributed by atoms with Crippen LogP contribution in [-0.4, -0.2) is 60.1 Å². The van der Waals surface area contributed by atoms with Gasteiger partial charge < -0.3 is 19.3 Å². The molecule has 34 heavy (non-hydrogen) atoms. The van der Waals surface area contributed by atoms with Gasteiger partial charge in [0.2, 0.25) is 11.7 Å². The highest BCUT2D eigenvalue weighted by atomic mass is 16.6. The van der Waals surface area contributed by atoms with Crippen LogP contribution in [0.5, 0.6) is 5.75 Å². The van der Waals surface area contributed by atoms with Gasteiger partial charge in [0.25, 0.3) is 5.69 Å². The summed E-state index contributed by atoms with van der Waals surface area (Å²) in [4.78, 5) is 50.9. The van der Waals surface area contributed by atoms with Crippen LogP contribution in [0.2, 0.25) is 0 Å². The molecule has 0 aliphatic carbocycles. The Labute approximate surface area is 194 Å². The van der Waals surface area contributed by atoms with Gasteiger partial charge in [0, 0.05) is 31.3 Å². The summed E-state index contributed by atoms with van der Waals surface area (Å²) in [6.45, 7) is 1.32. The van der Waals surface area contributed by atoms with Crippen molar-refractivity contribution in [2.75, 3.05) is 26.2 Å². The molecule has 1 saturated heterocycles. The maximum Gasteiger partial charge on any atom is 0.328 e. The number of carbonyl (C=O) groups excluding carboxylic acids is 2. The summed E-state index contributed by atoms with van der Waals surface area (Å²) in [5, 5.41) is 23.6. The molecule has 3 atom stereocenters. The van der Waals surface area contributed by atoms with E-state index >= 15 is 0 Å². The van der Waals surface area contributed by atoms with Crippen LogP contribution < -0.4 is 9.64 Å². The molecule has 0 bridgehead atoms. The average molecular weight is 470 g/mol. The number of ether oxygens (including phenoxy) is 2. The highest BCUT2D eigenvalue weighted by molar-refractivity contribution is 5.88. The van der Waals surface area contributed by atoms with Crippen LogP contribution in [0.3, 0.4) is 0 Å². The average Bonchev–Trinajstić information content (AvgIpc) is 3.29. The first-order valence-electron chi connectivity index (χ1n) is 10.3. The Morgan fingerprint density at radius 2 is 1.76 bits per heavy atom. The number of likely N-dealkylation sites (tertiary alicyclic amines) is 1. The lowest BCUT2D eigenvalue weighted by molar-refractivity contribution is -0.394. The zero-order valence-electron chi connectivity index (χ0n) is 18.9. The number of likely N-dealkylation sites (N-methyl/N-ethyl adjacent to an activating group) is 1. The zero-order valence-corrected chi connectivity index (χ0v) is 18.9. The number of para-hydroxylation sites is 1. The minimum absolute atomic E-state index is 0.0139. The van der Waals surface area contributed by atoms with Gasteiger partial charge in [0.1, 0.15) is 12.2 Å². The van der Waals surface area contributed by atoms with Crippen LogP contribution in [0.4, 0.5) is 17.1 Å². The smallest absolute Gasteiger partial charge is 0.328 e. The molecule has 2 aliphatic rings. The normalized spacial score (nSPS) is 22.7. The van der Waals surface area contributed by atoms with Crippen molar-refractivity contribution in [3.63, 3.8) is 0 Å². The second-order valence-electron chi connectivity index (χ2n) is 8.20. The third-order valence-corrected chi connectivity index (χ3v) is 6.67. The Bertz CT molecular complexity index is 1230. The summed E-state index contributed by atoms with van der Waals surface area (Å²) in [7, 11) is 4.18. The van der Waals surface area contributed by atoms with Crippen LogP contribution in [0.15, 0.2) is 36.4 Å². The number of carbonyl (C=O) groups is 2. The van der Waals surface area contributed by atoms with Crippen molar-refractivity contribution in [3.05, 3.63) is 67.8 Å². The number of hydrogen-bond acceptors (Lipinski definition) is 9. The second-order valence-corrected chi connectivity index (χ2v) is 8.20. The summed E-state index contributed by atoms with van der Waals surface area (Å²) in [6.07, 6.45) is -0.832. The summed E-state index contributed by atoms with van der Waals surface area (Å²) >= 11 is 0. The first kappa shape index (κ1) is 23.0. The predicted molar refractivity (Wildman–Crippen MR) is 119 cm³/mol. The second kappa shape index (κ2) is 7.97. The largest absolute Gasteiger partial charge is 0.490 e. The SMILES string of the molecule is COC(=O)[C@@H]1C[C@]2(c3cc([N+](=O)[O-])cc([N+](=O)[O-])c3OC)c3ccccc3N(C)[C@@H]2N1C(C)=O. The lowest BCUT2D eigenvalue weighted by Crippen LogP contribution is -2.53. The van der Waals surface area contributed by atoms with E-state index in [0.29, 0.717) is 5.56 Å². The minimum Gasteiger partial charge on any atom is -0.490 e. The number of non-ortho nitro benzene ring substituents is 1. The highest BCUT2D eigenvalue weighted by Crippen LogP contribution is 2.60. The van der Waals surface area contributed by atoms with E-state index in [1.54, 1.807) is 30.1 Å². The molecule has 0 saturated carbocycles. The molecule has 2 heterocycles. The number of fused-ring (bicyclic) bond motifs is 3. The van der Waals surface area contributed by atoms with Gasteiger partial charge in [-0.15, -0.1) is 0 Å². The summed E-state index contributed by atoms with van der Waals surface area (Å²) in [5.41, 5.74) is -0.805. The van der Waals surface area contributed by atoms with Crippen molar-refractivity contribution < 1.29 is 28.9 Å². The fraction of sp³-hybridized carbons (Fsp3) is 0.364. The summed E-state index contributed by atoms with van der Waals surface area (Å²) in [5.74, 6) is -1.24. The molecule has 2 aromatic carbocycles. The molecule has 4 rings (SSSR count). The number of nitro groups is 2. The van der Waals surface area contributed by atoms with Gasteiger partial charge >= 0.3 is 11.7 Å². The number of nitro benzene ring substituents is 2. The third-order valence-electron chi connectivity index (χ3n) is 6.67. The molecule has 0 N–H and O–H groups in total. The molecule has 2 aromatic rings. The quantitative estimate of drug-likeness (QED) is 0.365. The third kappa shape index (κ3) is 2.98. The Hall–Kier alpha value is -4.22. The lowest BCUT2D eigenvalue weighted by atomic mass is 9.71. The lowest BCUT2D eigenvalue weighted by Gasteiger charge is -2.37. The summed E-state index contributed by atoms with van der Waals surface area (Å²) in [6, 6.07) is 8.21. The van der Waals surface area contributed by atoms with E-state index in [9.17, 15) is 29.8 Å². The predicted octanol–water partition coefficient (Wildman–Crippen LogP) is 2.37. The van der Waals surface area contributed by atoms with Gasteiger partial charge in [-0.3, -0.25) is 25.0 Å². The number of benzene rings is 2. The fourth-order valence-electron chi connectivity index (χ4n) is 5.48. The van der Waals surface area contributed by atoms with Crippen LogP contribution in [0.25, 0.3) is 0 Å². The number of anilines is 1. The highest BCUT2D eigenvalue weighted by Gasteiger charge is 2.64. The van der Waals surface area contributed by atoms with E-state index < -0.39 is 50.7 Å². The van der Waals surface area contributed by atoms with Crippen LogP contribution in [0, 0.1) is 20.2 Å². The Morgan fingerprint density at radius 3 is 2.32 bits per heavy atom. The molecule has 178 valence electrons. The first-order chi connectivity index (χ1) is 16.1.